The van der Waals surface area contributed by atoms with Gasteiger partial charge in [-0.25, -0.2) is 29.9 Å². The molecule has 0 saturated carbocycles. The van der Waals surface area contributed by atoms with Gasteiger partial charge < -0.3 is 4.57 Å². The van der Waals surface area contributed by atoms with Crippen molar-refractivity contribution in [3.8, 4) is 101 Å². The van der Waals surface area contributed by atoms with Gasteiger partial charge in [-0.3, -0.25) is 0 Å². The van der Waals surface area contributed by atoms with E-state index in [1.165, 1.54) is 55.1 Å². The maximum atomic E-state index is 5.41. The maximum absolute atomic E-state index is 5.41. The first-order chi connectivity index (χ1) is 49.3. The number of fused-ring (bicyclic) bond motifs is 6. The van der Waals surface area contributed by atoms with Crippen LogP contribution in [0.15, 0.2) is 340 Å². The van der Waals surface area contributed by atoms with Gasteiger partial charge in [-0.05, 0) is 132 Å². The molecule has 7 nitrogen and oxygen atoms in total. The van der Waals surface area contributed by atoms with Crippen LogP contribution in [0.25, 0.3) is 156 Å². The Morgan fingerprint density at radius 3 is 1.64 bits per heavy atom. The Kier molecular flexibility index (Phi) is 14.9. The third-order valence-corrected chi connectivity index (χ3v) is 20.2. The van der Waals surface area contributed by atoms with Gasteiger partial charge in [-0.2, -0.15) is 0 Å². The molecule has 3 heterocycles. The van der Waals surface area contributed by atoms with Crippen molar-refractivity contribution in [2.75, 3.05) is 0 Å². The van der Waals surface area contributed by atoms with Gasteiger partial charge in [-0.15, -0.1) is 0 Å². The van der Waals surface area contributed by atoms with Crippen LogP contribution in [0.2, 0.25) is 0 Å². The summed E-state index contributed by atoms with van der Waals surface area (Å²) in [4.78, 5) is 32.0. The molecule has 2 aliphatic rings. The molecule has 0 spiro atoms. The quantitative estimate of drug-likeness (QED) is 0.114. The van der Waals surface area contributed by atoms with Gasteiger partial charge in [0.25, 0.3) is 0 Å². The average Bonchev–Trinajstić information content (AvgIpc) is 1.53. The lowest BCUT2D eigenvalue weighted by atomic mass is 9.66. The summed E-state index contributed by atoms with van der Waals surface area (Å²) in [6.07, 6.45) is 14.5. The first-order valence-corrected chi connectivity index (χ1v) is 34.2. The summed E-state index contributed by atoms with van der Waals surface area (Å²) in [5.41, 5.74) is 21.6. The number of allylic oxidation sites excluding steroid dienone is 8. The van der Waals surface area contributed by atoms with Gasteiger partial charge in [0.15, 0.2) is 34.9 Å². The maximum Gasteiger partial charge on any atom is 0.164 e. The summed E-state index contributed by atoms with van der Waals surface area (Å²) < 4.78 is 2.43. The van der Waals surface area contributed by atoms with Crippen molar-refractivity contribution < 1.29 is 0 Å². The molecule has 472 valence electrons. The minimum atomic E-state index is -0.488. The van der Waals surface area contributed by atoms with Gasteiger partial charge in [0.1, 0.15) is 0 Å². The lowest BCUT2D eigenvalue weighted by molar-refractivity contribution is 0.468. The van der Waals surface area contributed by atoms with Gasteiger partial charge in [0.2, 0.25) is 0 Å². The number of hydrogen-bond acceptors (Lipinski definition) is 6. The molecule has 2 unspecified atom stereocenters. The summed E-state index contributed by atoms with van der Waals surface area (Å²) >= 11 is 0. The van der Waals surface area contributed by atoms with Crippen LogP contribution in [-0.4, -0.2) is 34.5 Å². The minimum absolute atomic E-state index is 0.0204. The van der Waals surface area contributed by atoms with Crippen LogP contribution in [0, 0.1) is 18.3 Å². The van der Waals surface area contributed by atoms with Crippen LogP contribution < -0.4 is 0 Å². The van der Waals surface area contributed by atoms with E-state index in [1.54, 1.807) is 0 Å². The van der Waals surface area contributed by atoms with Crippen LogP contribution in [-0.2, 0) is 6.42 Å². The number of hydrogen-bond donors (Lipinski definition) is 0. The monoisotopic (exact) mass is 1280 g/mol. The molecule has 0 bridgehead atoms. The van der Waals surface area contributed by atoms with Crippen molar-refractivity contribution in [2.45, 2.75) is 20.3 Å². The highest BCUT2D eigenvalue weighted by Crippen LogP contribution is 2.51. The number of rotatable bonds is 13. The Morgan fingerprint density at radius 2 is 0.890 bits per heavy atom. The molecule has 0 amide bonds. The second-order valence-corrected chi connectivity index (χ2v) is 26.4. The predicted octanol–water partition coefficient (Wildman–Crippen LogP) is 23.1. The minimum Gasteiger partial charge on any atom is -0.310 e. The Balaban J connectivity index is 0.684. The lowest BCUT2D eigenvalue weighted by Gasteiger charge is -2.38. The van der Waals surface area contributed by atoms with Crippen LogP contribution in [0.4, 0.5) is 0 Å². The molecule has 13 aromatic carbocycles. The number of aryl methyl sites for hydroxylation is 1. The molecule has 0 radical (unpaired) electrons. The Labute approximate surface area is 580 Å². The highest BCUT2D eigenvalue weighted by molar-refractivity contribution is 6.16. The average molecular weight is 1280 g/mol. The fraction of sp³-hybridized carbons (Fsp3) is 0.0538. The Hall–Kier alpha value is -12.8. The normalized spacial score (nSPS) is 14.9. The Morgan fingerprint density at radius 1 is 0.360 bits per heavy atom. The molecular weight excluding hydrogens is 1220 g/mol. The van der Waals surface area contributed by atoms with E-state index < -0.39 is 5.41 Å². The third kappa shape index (κ3) is 10.9. The van der Waals surface area contributed by atoms with E-state index in [2.05, 4.69) is 334 Å². The zero-order valence-corrected chi connectivity index (χ0v) is 55.2. The SMILES string of the molecule is Cc1cc(-c2ccccc2)ccc1-c1ccccc1Cc1cc(-c2nc(-c3ccccc3)nc(-c3ccc(-c4cccc5c4c4ccccc4n5C4=CC5C=CC=C(c6nc(-c7cccc(-c8ccccc8)c7)nc(-c7ccc8ccccc8c7)n6)C5(C)C=C4)cc3)n2)c2ccccc2c1. The standard InChI is InChI=1S/C93H65N7/c1-60-53-70(63-25-8-4-9-26-63)49-50-77(60)78-36-16-14-31-71(78)54-61-55-72-32-15-17-37-79(72)82(56-61)91-96-87(66-28-10-5-11-29-66)94-88(97-91)67-46-44-65(45-47-67)80-39-22-42-85-86(80)81-38-18-19-41-84(81)100(85)76-51-52-93(2)75(59-76)35-21-40-83(93)92-98-89(73-34-20-33-69(57-73)62-23-6-3-7-24-62)95-90(99-92)74-48-43-64-27-12-13-30-68(64)58-74/h3-53,55-59,75H,54H2,1-2H3. The van der Waals surface area contributed by atoms with Crippen molar-refractivity contribution in [1.29, 1.82) is 0 Å². The van der Waals surface area contributed by atoms with Gasteiger partial charge in [0, 0.05) is 61.2 Å². The van der Waals surface area contributed by atoms with E-state index in [4.69, 9.17) is 29.9 Å². The number of aromatic nitrogens is 7. The summed E-state index contributed by atoms with van der Waals surface area (Å²) in [5, 5.41) is 6.87. The summed E-state index contributed by atoms with van der Waals surface area (Å²) in [5.74, 6) is 3.74. The topological polar surface area (TPSA) is 82.3 Å². The van der Waals surface area contributed by atoms with Crippen LogP contribution in [0.1, 0.15) is 29.4 Å². The smallest absolute Gasteiger partial charge is 0.164 e. The molecule has 3 aromatic heterocycles. The van der Waals surface area contributed by atoms with Crippen molar-refractivity contribution in [3.05, 3.63) is 362 Å². The second-order valence-electron chi connectivity index (χ2n) is 26.4. The van der Waals surface area contributed by atoms with Crippen molar-refractivity contribution >= 4 is 54.6 Å². The molecule has 2 aliphatic carbocycles. The fourth-order valence-corrected chi connectivity index (χ4v) is 15.0. The van der Waals surface area contributed by atoms with Crippen molar-refractivity contribution in [3.63, 3.8) is 0 Å². The summed E-state index contributed by atoms with van der Waals surface area (Å²) in [6.45, 7) is 4.53. The molecule has 0 aliphatic heterocycles. The van der Waals surface area contributed by atoms with E-state index in [9.17, 15) is 0 Å². The molecule has 18 rings (SSSR count). The van der Waals surface area contributed by atoms with Gasteiger partial charge in [-0.1, -0.05) is 310 Å². The van der Waals surface area contributed by atoms with Gasteiger partial charge >= 0.3 is 0 Å². The fourth-order valence-electron chi connectivity index (χ4n) is 15.0. The van der Waals surface area contributed by atoms with Crippen molar-refractivity contribution in [1.82, 2.24) is 34.5 Å². The zero-order chi connectivity index (χ0) is 66.7. The molecule has 0 fully saturated rings. The van der Waals surface area contributed by atoms with E-state index >= 15 is 0 Å². The number of para-hydroxylation sites is 1. The summed E-state index contributed by atoms with van der Waals surface area (Å²) in [6, 6.07) is 108. The van der Waals surface area contributed by atoms with Crippen LogP contribution >= 0.6 is 0 Å². The molecule has 2 atom stereocenters. The highest BCUT2D eigenvalue weighted by atomic mass is 15.0. The molecule has 7 heteroatoms. The highest BCUT2D eigenvalue weighted by Gasteiger charge is 2.40. The van der Waals surface area contributed by atoms with Crippen LogP contribution in [0.3, 0.4) is 0 Å². The van der Waals surface area contributed by atoms with E-state index in [0.29, 0.717) is 34.9 Å². The molecule has 16 aromatic rings. The van der Waals surface area contributed by atoms with Crippen molar-refractivity contribution in [2.24, 2.45) is 11.3 Å². The first-order valence-electron chi connectivity index (χ1n) is 34.2. The van der Waals surface area contributed by atoms with E-state index in [0.717, 1.165) is 95.0 Å². The predicted molar refractivity (Wildman–Crippen MR) is 413 cm³/mol. The zero-order valence-electron chi connectivity index (χ0n) is 55.2. The molecule has 0 saturated heterocycles. The molecule has 100 heavy (non-hydrogen) atoms. The van der Waals surface area contributed by atoms with E-state index in [1.807, 2.05) is 24.3 Å². The lowest BCUT2D eigenvalue weighted by Crippen LogP contribution is -2.29. The largest absolute Gasteiger partial charge is 0.310 e. The Bertz CT molecular complexity index is 6020. The second kappa shape index (κ2) is 25.0. The molecular formula is C93H65N7. The number of nitrogens with zero attached hydrogens (tertiary/aromatic N) is 7. The van der Waals surface area contributed by atoms with Crippen LogP contribution in [0.5, 0.6) is 0 Å². The summed E-state index contributed by atoms with van der Waals surface area (Å²) in [7, 11) is 0. The third-order valence-electron chi connectivity index (χ3n) is 20.2. The first kappa shape index (κ1) is 59.6. The van der Waals surface area contributed by atoms with Gasteiger partial charge in [0.05, 0.1) is 11.0 Å². The van der Waals surface area contributed by atoms with E-state index in [-0.39, 0.29) is 5.92 Å². The molecule has 0 N–H and O–H groups in total. The number of benzene rings is 13.